The lowest BCUT2D eigenvalue weighted by Gasteiger charge is -2.23. The van der Waals surface area contributed by atoms with Crippen molar-refractivity contribution < 1.29 is 4.74 Å². The molecule has 1 aliphatic heterocycles. The van der Waals surface area contributed by atoms with Crippen LogP contribution in [0.15, 0.2) is 6.20 Å². The van der Waals surface area contributed by atoms with Crippen molar-refractivity contribution in [2.75, 3.05) is 6.54 Å². The molecule has 1 aromatic rings. The number of aromatic nitrogens is 3. The van der Waals surface area contributed by atoms with Crippen LogP contribution in [0.4, 0.5) is 0 Å². The van der Waals surface area contributed by atoms with E-state index >= 15 is 0 Å². The van der Waals surface area contributed by atoms with Crippen molar-refractivity contribution in [2.24, 2.45) is 5.73 Å². The summed E-state index contributed by atoms with van der Waals surface area (Å²) in [6, 6.07) is 0. The fourth-order valence-electron chi connectivity index (χ4n) is 3.45. The first kappa shape index (κ1) is 13.1. The summed E-state index contributed by atoms with van der Waals surface area (Å²) in [4.78, 5) is 0. The molecule has 19 heavy (non-hydrogen) atoms. The maximum Gasteiger partial charge on any atom is 0.0827 e. The number of rotatable bonds is 5. The molecule has 1 aliphatic carbocycles. The van der Waals surface area contributed by atoms with Crippen molar-refractivity contribution in [3.05, 3.63) is 11.9 Å². The Morgan fingerprint density at radius 3 is 3.00 bits per heavy atom. The first-order valence-electron chi connectivity index (χ1n) is 7.57. The number of hydrogen-bond donors (Lipinski definition) is 1. The number of nitrogens with two attached hydrogens (primary N) is 1. The number of nitrogens with zero attached hydrogens (tertiary/aromatic N) is 3. The number of ether oxygens (including phenoxy) is 1. The Morgan fingerprint density at radius 1 is 1.37 bits per heavy atom. The van der Waals surface area contributed by atoms with E-state index in [2.05, 4.69) is 10.3 Å². The lowest BCUT2D eigenvalue weighted by Crippen LogP contribution is -2.26. The Morgan fingerprint density at radius 2 is 2.21 bits per heavy atom. The SMILES string of the molecule is NCCCc1cn(CC2CCC3(CCCC3)O2)nn1. The van der Waals surface area contributed by atoms with Crippen LogP contribution >= 0.6 is 0 Å². The normalized spacial score (nSPS) is 25.4. The summed E-state index contributed by atoms with van der Waals surface area (Å²) in [6.45, 7) is 1.55. The van der Waals surface area contributed by atoms with Crippen molar-refractivity contribution in [2.45, 2.75) is 69.6 Å². The van der Waals surface area contributed by atoms with Crippen molar-refractivity contribution in [1.29, 1.82) is 0 Å². The molecule has 5 nitrogen and oxygen atoms in total. The third kappa shape index (κ3) is 2.98. The van der Waals surface area contributed by atoms with Gasteiger partial charge in [-0.25, -0.2) is 4.68 Å². The Kier molecular flexibility index (Phi) is 3.84. The van der Waals surface area contributed by atoms with Gasteiger partial charge in [-0.15, -0.1) is 5.10 Å². The highest BCUT2D eigenvalue weighted by atomic mass is 16.5. The molecule has 3 rings (SSSR count). The third-order valence-electron chi connectivity index (χ3n) is 4.47. The minimum Gasteiger partial charge on any atom is -0.370 e. The molecule has 1 spiro atoms. The van der Waals surface area contributed by atoms with E-state index in [0.717, 1.165) is 31.5 Å². The summed E-state index contributed by atoms with van der Waals surface area (Å²) in [6.07, 6.45) is 11.8. The second-order valence-electron chi connectivity index (χ2n) is 5.99. The first-order chi connectivity index (χ1) is 9.30. The fraction of sp³-hybridized carbons (Fsp3) is 0.857. The topological polar surface area (TPSA) is 66.0 Å². The molecule has 1 aromatic heterocycles. The van der Waals surface area contributed by atoms with E-state index in [1.54, 1.807) is 0 Å². The van der Waals surface area contributed by atoms with Gasteiger partial charge >= 0.3 is 0 Å². The van der Waals surface area contributed by atoms with Gasteiger partial charge in [-0.05, 0) is 45.1 Å². The molecule has 2 aliphatic rings. The van der Waals surface area contributed by atoms with Crippen LogP contribution in [-0.4, -0.2) is 33.2 Å². The van der Waals surface area contributed by atoms with Gasteiger partial charge in [0.25, 0.3) is 0 Å². The smallest absolute Gasteiger partial charge is 0.0827 e. The quantitative estimate of drug-likeness (QED) is 0.878. The number of aryl methyl sites for hydroxylation is 1. The average molecular weight is 264 g/mol. The fourth-order valence-corrected chi connectivity index (χ4v) is 3.45. The molecular weight excluding hydrogens is 240 g/mol. The second kappa shape index (κ2) is 5.59. The summed E-state index contributed by atoms with van der Waals surface area (Å²) >= 11 is 0. The van der Waals surface area contributed by atoms with Gasteiger partial charge in [-0.3, -0.25) is 0 Å². The summed E-state index contributed by atoms with van der Waals surface area (Å²) in [5.41, 5.74) is 6.76. The highest BCUT2D eigenvalue weighted by Gasteiger charge is 2.42. The molecule has 1 unspecified atom stereocenters. The van der Waals surface area contributed by atoms with Crippen molar-refractivity contribution in [3.8, 4) is 0 Å². The zero-order valence-corrected chi connectivity index (χ0v) is 11.6. The summed E-state index contributed by atoms with van der Waals surface area (Å²) < 4.78 is 8.23. The van der Waals surface area contributed by atoms with Gasteiger partial charge in [0, 0.05) is 6.20 Å². The Labute approximate surface area is 114 Å². The van der Waals surface area contributed by atoms with Gasteiger partial charge in [-0.1, -0.05) is 18.1 Å². The van der Waals surface area contributed by atoms with Gasteiger partial charge in [0.2, 0.25) is 0 Å². The molecule has 106 valence electrons. The van der Waals surface area contributed by atoms with Crippen LogP contribution in [0.25, 0.3) is 0 Å². The minimum absolute atomic E-state index is 0.216. The Balaban J connectivity index is 1.53. The van der Waals surface area contributed by atoms with Crippen LogP contribution in [0.1, 0.15) is 50.6 Å². The van der Waals surface area contributed by atoms with E-state index in [9.17, 15) is 0 Å². The van der Waals surface area contributed by atoms with E-state index in [0.29, 0.717) is 12.6 Å². The standard InChI is InChI=1S/C14H24N4O/c15-9-3-4-12-10-18(17-16-12)11-13-5-8-14(19-13)6-1-2-7-14/h10,13H,1-9,11,15H2. The van der Waals surface area contributed by atoms with Crippen molar-refractivity contribution in [3.63, 3.8) is 0 Å². The van der Waals surface area contributed by atoms with Gasteiger partial charge in [0.15, 0.2) is 0 Å². The molecule has 5 heteroatoms. The van der Waals surface area contributed by atoms with Gasteiger partial charge in [-0.2, -0.15) is 0 Å². The Hall–Kier alpha value is -0.940. The highest BCUT2D eigenvalue weighted by molar-refractivity contribution is 4.95. The molecule has 0 amide bonds. The summed E-state index contributed by atoms with van der Waals surface area (Å²) in [5.74, 6) is 0. The summed E-state index contributed by atoms with van der Waals surface area (Å²) in [5, 5.41) is 8.38. The molecule has 2 fully saturated rings. The molecule has 0 aromatic carbocycles. The zero-order chi connectivity index (χ0) is 13.1. The molecule has 0 bridgehead atoms. The average Bonchev–Trinajstić information content (AvgIpc) is 3.12. The molecule has 1 saturated heterocycles. The summed E-state index contributed by atoms with van der Waals surface area (Å²) in [7, 11) is 0. The number of hydrogen-bond acceptors (Lipinski definition) is 4. The molecular formula is C14H24N4O. The maximum atomic E-state index is 6.30. The molecule has 1 atom stereocenters. The zero-order valence-electron chi connectivity index (χ0n) is 11.6. The van der Waals surface area contributed by atoms with Crippen LogP contribution in [0.3, 0.4) is 0 Å². The lowest BCUT2D eigenvalue weighted by atomic mass is 9.98. The van der Waals surface area contributed by atoms with Crippen molar-refractivity contribution >= 4 is 0 Å². The predicted molar refractivity (Wildman–Crippen MR) is 72.7 cm³/mol. The monoisotopic (exact) mass is 264 g/mol. The van der Waals surface area contributed by atoms with Crippen LogP contribution in [0.5, 0.6) is 0 Å². The third-order valence-corrected chi connectivity index (χ3v) is 4.47. The van der Waals surface area contributed by atoms with Crippen LogP contribution in [0, 0.1) is 0 Å². The van der Waals surface area contributed by atoms with E-state index in [1.807, 2.05) is 10.9 Å². The highest BCUT2D eigenvalue weighted by Crippen LogP contribution is 2.43. The van der Waals surface area contributed by atoms with Crippen LogP contribution in [-0.2, 0) is 17.7 Å². The molecule has 2 N–H and O–H groups in total. The van der Waals surface area contributed by atoms with Gasteiger partial charge in [0.05, 0.1) is 23.9 Å². The van der Waals surface area contributed by atoms with E-state index in [-0.39, 0.29) is 5.60 Å². The van der Waals surface area contributed by atoms with E-state index in [1.165, 1.54) is 32.1 Å². The van der Waals surface area contributed by atoms with Crippen LogP contribution in [0.2, 0.25) is 0 Å². The molecule has 0 radical (unpaired) electrons. The first-order valence-corrected chi connectivity index (χ1v) is 7.57. The van der Waals surface area contributed by atoms with E-state index in [4.69, 9.17) is 10.5 Å². The molecule has 2 heterocycles. The van der Waals surface area contributed by atoms with Crippen molar-refractivity contribution in [1.82, 2.24) is 15.0 Å². The predicted octanol–water partition coefficient (Wildman–Crippen LogP) is 1.66. The van der Waals surface area contributed by atoms with Gasteiger partial charge in [0.1, 0.15) is 0 Å². The minimum atomic E-state index is 0.216. The Bertz CT molecular complexity index is 411. The molecule has 1 saturated carbocycles. The maximum absolute atomic E-state index is 6.30. The van der Waals surface area contributed by atoms with Gasteiger partial charge < -0.3 is 10.5 Å². The second-order valence-corrected chi connectivity index (χ2v) is 5.99. The largest absolute Gasteiger partial charge is 0.370 e. The lowest BCUT2D eigenvalue weighted by molar-refractivity contribution is -0.0430. The van der Waals surface area contributed by atoms with Crippen LogP contribution < -0.4 is 5.73 Å². The van der Waals surface area contributed by atoms with E-state index < -0.39 is 0 Å².